The molecule has 144 valence electrons. The van der Waals surface area contributed by atoms with E-state index in [-0.39, 0.29) is 18.2 Å². The Morgan fingerprint density at radius 2 is 2.22 bits per heavy atom. The molecule has 2 aromatic rings. The van der Waals surface area contributed by atoms with Crippen molar-refractivity contribution in [2.45, 2.75) is 24.7 Å². The number of benzene rings is 1. The number of aliphatic hydroxyl groups excluding tert-OH is 1. The quantitative estimate of drug-likeness (QED) is 0.602. The van der Waals surface area contributed by atoms with E-state index < -0.39 is 11.7 Å². The molecule has 2 heterocycles. The van der Waals surface area contributed by atoms with Crippen LogP contribution in [0, 0.1) is 0 Å². The molecule has 1 aromatic carbocycles. The number of carbonyl (C=O) groups is 1. The van der Waals surface area contributed by atoms with Gasteiger partial charge < -0.3 is 19.9 Å². The molecular weight excluding hydrogens is 372 g/mol. The molecule has 0 amide bonds. The van der Waals surface area contributed by atoms with Gasteiger partial charge in [0.2, 0.25) is 0 Å². The fraction of sp³-hybridized carbons (Fsp3) is 0.389. The topological polar surface area (TPSA) is 106 Å². The van der Waals surface area contributed by atoms with Crippen molar-refractivity contribution in [1.29, 1.82) is 0 Å². The third kappa shape index (κ3) is 4.72. The molecule has 27 heavy (non-hydrogen) atoms. The number of carbonyl (C=O) groups excluding carboxylic acids is 1. The van der Waals surface area contributed by atoms with Crippen molar-refractivity contribution in [3.05, 3.63) is 53.1 Å². The minimum atomic E-state index is -1.14. The van der Waals surface area contributed by atoms with Crippen LogP contribution in [-0.4, -0.2) is 53.1 Å². The molecule has 1 aliphatic rings. The lowest BCUT2D eigenvalue weighted by molar-refractivity contribution is -0.0572. The van der Waals surface area contributed by atoms with Crippen LogP contribution in [0.15, 0.2) is 36.9 Å². The SMILES string of the molecule is COc1ccc(CNC2CNC(CO)(OC(=O)c3cncnc3)C2)cc1Cl. The molecule has 1 aromatic heterocycles. The summed E-state index contributed by atoms with van der Waals surface area (Å²) in [6.07, 6.45) is 4.50. The molecule has 1 fully saturated rings. The molecule has 1 saturated heterocycles. The van der Waals surface area contributed by atoms with Crippen molar-refractivity contribution in [2.75, 3.05) is 20.3 Å². The van der Waals surface area contributed by atoms with Gasteiger partial charge >= 0.3 is 5.97 Å². The third-order valence-corrected chi connectivity index (χ3v) is 4.69. The molecule has 0 aliphatic carbocycles. The molecule has 1 aliphatic heterocycles. The lowest BCUT2D eigenvalue weighted by Crippen LogP contribution is -2.47. The van der Waals surface area contributed by atoms with Crippen LogP contribution < -0.4 is 15.4 Å². The van der Waals surface area contributed by atoms with E-state index in [4.69, 9.17) is 21.1 Å². The van der Waals surface area contributed by atoms with Crippen molar-refractivity contribution < 1.29 is 19.4 Å². The molecule has 8 nitrogen and oxygen atoms in total. The Bertz CT molecular complexity index is 792. The van der Waals surface area contributed by atoms with Crippen LogP contribution in [0.2, 0.25) is 5.02 Å². The maximum absolute atomic E-state index is 12.2. The van der Waals surface area contributed by atoms with Gasteiger partial charge in [-0.3, -0.25) is 5.32 Å². The molecule has 0 saturated carbocycles. The first-order valence-electron chi connectivity index (χ1n) is 8.45. The van der Waals surface area contributed by atoms with E-state index in [0.717, 1.165) is 5.56 Å². The average Bonchev–Trinajstić information content (AvgIpc) is 3.10. The Morgan fingerprint density at radius 1 is 1.44 bits per heavy atom. The highest BCUT2D eigenvalue weighted by molar-refractivity contribution is 6.32. The van der Waals surface area contributed by atoms with Gasteiger partial charge in [-0.2, -0.15) is 0 Å². The van der Waals surface area contributed by atoms with Crippen LogP contribution in [0.4, 0.5) is 0 Å². The summed E-state index contributed by atoms with van der Waals surface area (Å²) in [7, 11) is 1.57. The number of esters is 1. The fourth-order valence-electron chi connectivity index (χ4n) is 2.95. The number of ether oxygens (including phenoxy) is 2. The number of halogens is 1. The van der Waals surface area contributed by atoms with Crippen LogP contribution in [0.5, 0.6) is 5.75 Å². The molecule has 0 radical (unpaired) electrons. The standard InChI is InChI=1S/C18H21ClN4O4/c1-26-16-3-2-12(4-15(16)19)6-22-14-5-18(10-24,23-9-14)27-17(25)13-7-20-11-21-8-13/h2-4,7-8,11,14,22-24H,5-6,9-10H2,1H3. The molecule has 9 heteroatoms. The number of aliphatic hydroxyl groups is 1. The molecule has 0 bridgehead atoms. The maximum atomic E-state index is 12.2. The second kappa shape index (κ2) is 8.62. The second-order valence-electron chi connectivity index (χ2n) is 6.30. The number of nitrogens with one attached hydrogen (secondary N) is 2. The number of methoxy groups -OCH3 is 1. The summed E-state index contributed by atoms with van der Waals surface area (Å²) in [6.45, 7) is 0.792. The van der Waals surface area contributed by atoms with Crippen LogP contribution in [0.25, 0.3) is 0 Å². The first-order chi connectivity index (χ1) is 13.0. The highest BCUT2D eigenvalue weighted by Crippen LogP contribution is 2.26. The minimum absolute atomic E-state index is 0.0119. The summed E-state index contributed by atoms with van der Waals surface area (Å²) in [5.41, 5.74) is 0.0967. The van der Waals surface area contributed by atoms with Crippen molar-refractivity contribution in [2.24, 2.45) is 0 Å². The highest BCUT2D eigenvalue weighted by atomic mass is 35.5. The van der Waals surface area contributed by atoms with Crippen molar-refractivity contribution >= 4 is 17.6 Å². The lowest BCUT2D eigenvalue weighted by atomic mass is 10.1. The predicted molar refractivity (Wildman–Crippen MR) is 98.5 cm³/mol. The largest absolute Gasteiger partial charge is 0.495 e. The smallest absolute Gasteiger partial charge is 0.343 e. The van der Waals surface area contributed by atoms with Crippen LogP contribution in [0.3, 0.4) is 0 Å². The Kier molecular flexibility index (Phi) is 6.22. The first-order valence-corrected chi connectivity index (χ1v) is 8.83. The summed E-state index contributed by atoms with van der Waals surface area (Å²) in [6, 6.07) is 5.59. The normalized spacial score (nSPS) is 21.8. The Balaban J connectivity index is 1.57. The molecule has 0 spiro atoms. The first kappa shape index (κ1) is 19.5. The monoisotopic (exact) mass is 392 g/mol. The molecule has 3 N–H and O–H groups in total. The zero-order valence-electron chi connectivity index (χ0n) is 14.8. The predicted octanol–water partition coefficient (Wildman–Crippen LogP) is 1.14. The van der Waals surface area contributed by atoms with Crippen molar-refractivity contribution in [3.8, 4) is 5.75 Å². The van der Waals surface area contributed by atoms with Crippen LogP contribution in [-0.2, 0) is 11.3 Å². The van der Waals surface area contributed by atoms with Gasteiger partial charge in [-0.15, -0.1) is 0 Å². The van der Waals surface area contributed by atoms with Gasteiger partial charge in [0.15, 0.2) is 5.72 Å². The third-order valence-electron chi connectivity index (χ3n) is 4.40. The second-order valence-corrected chi connectivity index (χ2v) is 6.71. The van der Waals surface area contributed by atoms with E-state index in [1.165, 1.54) is 18.7 Å². The number of aromatic nitrogens is 2. The molecule has 3 rings (SSSR count). The van der Waals surface area contributed by atoms with E-state index >= 15 is 0 Å². The van der Waals surface area contributed by atoms with Crippen molar-refractivity contribution in [3.63, 3.8) is 0 Å². The summed E-state index contributed by atoms with van der Waals surface area (Å²) in [5.74, 6) is 0.0405. The van der Waals surface area contributed by atoms with Gasteiger partial charge in [0.1, 0.15) is 12.1 Å². The van der Waals surface area contributed by atoms with E-state index in [0.29, 0.717) is 30.3 Å². The molecular formula is C18H21ClN4O4. The fourth-order valence-corrected chi connectivity index (χ4v) is 3.23. The van der Waals surface area contributed by atoms with Crippen LogP contribution in [0.1, 0.15) is 22.3 Å². The van der Waals surface area contributed by atoms with E-state index in [9.17, 15) is 9.90 Å². The Labute approximate surface area is 161 Å². The zero-order chi connectivity index (χ0) is 19.3. The molecule has 2 unspecified atom stereocenters. The van der Waals surface area contributed by atoms with Crippen molar-refractivity contribution in [1.82, 2.24) is 20.6 Å². The number of rotatable bonds is 7. The van der Waals surface area contributed by atoms with E-state index in [1.54, 1.807) is 7.11 Å². The van der Waals surface area contributed by atoms with Gasteiger partial charge in [-0.1, -0.05) is 17.7 Å². The summed E-state index contributed by atoms with van der Waals surface area (Å²) < 4.78 is 10.7. The Morgan fingerprint density at radius 3 is 2.89 bits per heavy atom. The van der Waals surface area contributed by atoms with Gasteiger partial charge in [0.25, 0.3) is 0 Å². The van der Waals surface area contributed by atoms with Gasteiger partial charge in [-0.25, -0.2) is 14.8 Å². The Hall–Kier alpha value is -2.26. The highest BCUT2D eigenvalue weighted by Gasteiger charge is 2.42. The minimum Gasteiger partial charge on any atom is -0.495 e. The lowest BCUT2D eigenvalue weighted by Gasteiger charge is -2.27. The van der Waals surface area contributed by atoms with E-state index in [2.05, 4.69) is 20.6 Å². The zero-order valence-corrected chi connectivity index (χ0v) is 15.6. The van der Waals surface area contributed by atoms with Crippen LogP contribution >= 0.6 is 11.6 Å². The van der Waals surface area contributed by atoms with Gasteiger partial charge in [0, 0.05) is 37.9 Å². The van der Waals surface area contributed by atoms with Gasteiger partial charge in [-0.05, 0) is 17.7 Å². The number of nitrogens with zero attached hydrogens (tertiary/aromatic N) is 2. The summed E-state index contributed by atoms with van der Waals surface area (Å²) in [4.78, 5) is 19.8. The molecule has 2 atom stereocenters. The average molecular weight is 393 g/mol. The van der Waals surface area contributed by atoms with E-state index in [1.807, 2.05) is 18.2 Å². The van der Waals surface area contributed by atoms with Gasteiger partial charge in [0.05, 0.1) is 24.3 Å². The maximum Gasteiger partial charge on any atom is 0.343 e. The number of hydrogen-bond acceptors (Lipinski definition) is 8. The summed E-state index contributed by atoms with van der Waals surface area (Å²) >= 11 is 6.14. The number of hydrogen-bond donors (Lipinski definition) is 3. The summed E-state index contributed by atoms with van der Waals surface area (Å²) in [5, 5.41) is 16.8.